The molecule has 2 saturated heterocycles. The van der Waals surface area contributed by atoms with E-state index in [2.05, 4.69) is 82.6 Å². The van der Waals surface area contributed by atoms with Gasteiger partial charge in [-0.1, -0.05) is 76.2 Å². The van der Waals surface area contributed by atoms with Crippen molar-refractivity contribution < 1.29 is 19.1 Å². The monoisotopic (exact) mass is 667 g/mol. The van der Waals surface area contributed by atoms with Crippen LogP contribution in [0, 0.1) is 11.8 Å². The second-order valence-corrected chi connectivity index (χ2v) is 13.6. The molecule has 3 aromatic rings. The Bertz CT molecular complexity index is 1640. The van der Waals surface area contributed by atoms with Crippen molar-refractivity contribution in [1.82, 2.24) is 30.4 Å². The van der Waals surface area contributed by atoms with Crippen molar-refractivity contribution in [2.45, 2.75) is 78.0 Å². The molecule has 0 spiro atoms. The number of aliphatic imine (C=N–C) groups is 1. The summed E-state index contributed by atoms with van der Waals surface area (Å²) in [5.41, 5.74) is 5.76. The zero-order valence-electron chi connectivity index (χ0n) is 29.2. The van der Waals surface area contributed by atoms with E-state index in [0.717, 1.165) is 71.7 Å². The van der Waals surface area contributed by atoms with Gasteiger partial charge in [-0.05, 0) is 66.5 Å². The molecule has 0 saturated carbocycles. The molecule has 0 bridgehead atoms. The first-order valence-corrected chi connectivity index (χ1v) is 17.2. The molecule has 0 radical (unpaired) electrons. The molecule has 5 rings (SSSR count). The molecule has 49 heavy (non-hydrogen) atoms. The van der Waals surface area contributed by atoms with Crippen molar-refractivity contribution in [3.05, 3.63) is 72.3 Å². The van der Waals surface area contributed by atoms with E-state index in [0.29, 0.717) is 18.9 Å². The molecule has 0 aliphatic carbocycles. The lowest BCUT2D eigenvalue weighted by Crippen LogP contribution is -2.54. The van der Waals surface area contributed by atoms with Crippen LogP contribution in [0.4, 0.5) is 4.79 Å². The van der Waals surface area contributed by atoms with Gasteiger partial charge in [0.1, 0.15) is 18.0 Å². The lowest BCUT2D eigenvalue weighted by atomic mass is 10.0. The Kier molecular flexibility index (Phi) is 11.5. The van der Waals surface area contributed by atoms with E-state index in [1.807, 2.05) is 37.1 Å². The van der Waals surface area contributed by atoms with Gasteiger partial charge < -0.3 is 30.2 Å². The lowest BCUT2D eigenvalue weighted by Gasteiger charge is -2.32. The highest BCUT2D eigenvalue weighted by Gasteiger charge is 2.36. The zero-order chi connectivity index (χ0) is 35.1. The van der Waals surface area contributed by atoms with E-state index in [1.54, 1.807) is 11.1 Å². The molecule has 11 nitrogen and oxygen atoms in total. The predicted octanol–water partition coefficient (Wildman–Crippen LogP) is 6.37. The van der Waals surface area contributed by atoms with Gasteiger partial charge in [0.05, 0.1) is 30.7 Å². The van der Waals surface area contributed by atoms with Crippen molar-refractivity contribution in [3.63, 3.8) is 0 Å². The molecule has 2 aliphatic rings. The topological polar surface area (TPSA) is 132 Å². The van der Waals surface area contributed by atoms with Crippen molar-refractivity contribution in [1.29, 1.82) is 0 Å². The molecule has 3 heterocycles. The molecular weight excluding hydrogens is 618 g/mol. The van der Waals surface area contributed by atoms with Crippen LogP contribution in [0.5, 0.6) is 0 Å². The number of imidazole rings is 1. The number of aromatic amines is 1. The largest absolute Gasteiger partial charge is 0.453 e. The number of hydrogen-bond acceptors (Lipinski definition) is 7. The summed E-state index contributed by atoms with van der Waals surface area (Å²) in [7, 11) is 1.29. The summed E-state index contributed by atoms with van der Waals surface area (Å²) in [6.45, 7) is 13.0. The molecule has 3 amide bonds. The number of likely N-dealkylation sites (tertiary alicyclic amines) is 2. The Labute approximate surface area is 289 Å². The summed E-state index contributed by atoms with van der Waals surface area (Å²) >= 11 is 0. The summed E-state index contributed by atoms with van der Waals surface area (Å²) in [4.78, 5) is 54.2. The molecule has 2 aromatic carbocycles. The van der Waals surface area contributed by atoms with E-state index >= 15 is 0 Å². The van der Waals surface area contributed by atoms with Crippen LogP contribution in [0.2, 0.25) is 0 Å². The van der Waals surface area contributed by atoms with Crippen LogP contribution < -0.4 is 10.6 Å². The van der Waals surface area contributed by atoms with Crippen LogP contribution in [0.15, 0.2) is 65.9 Å². The Balaban J connectivity index is 1.25. The second kappa shape index (κ2) is 16.0. The maximum atomic E-state index is 13.5. The Hall–Kier alpha value is -4.93. The maximum Gasteiger partial charge on any atom is 0.407 e. The number of nitrogens with zero attached hydrogens (tertiary/aromatic N) is 4. The van der Waals surface area contributed by atoms with Gasteiger partial charge in [-0.2, -0.15) is 0 Å². The van der Waals surface area contributed by atoms with Crippen LogP contribution in [-0.2, 0) is 14.3 Å². The molecule has 2 fully saturated rings. The highest BCUT2D eigenvalue weighted by Crippen LogP contribution is 2.33. The fourth-order valence-electron chi connectivity index (χ4n) is 6.68. The van der Waals surface area contributed by atoms with Crippen LogP contribution in [0.25, 0.3) is 28.1 Å². The van der Waals surface area contributed by atoms with Gasteiger partial charge in [0, 0.05) is 25.7 Å². The van der Waals surface area contributed by atoms with Crippen LogP contribution in [0.3, 0.4) is 0 Å². The number of aromatic nitrogens is 2. The third-order valence-corrected chi connectivity index (χ3v) is 9.26. The Morgan fingerprint density at radius 2 is 1.61 bits per heavy atom. The van der Waals surface area contributed by atoms with Gasteiger partial charge in [-0.25, -0.2) is 9.78 Å². The number of carbonyl (C=O) groups is 3. The SMILES string of the molecule is C=N/C=C(\NC1CCCN1C(=O)[C@@H](NC(=O)OC)C(C)C)c1ccc(-c2ccc(-c3cnc([C@@H]4CCCN4C(=O)CC(C)C)[nH]3)cc2)cc1. The molecule has 1 unspecified atom stereocenters. The number of hydrogen-bond donors (Lipinski definition) is 3. The van der Waals surface area contributed by atoms with Crippen molar-refractivity contribution in [2.24, 2.45) is 16.8 Å². The van der Waals surface area contributed by atoms with E-state index in [9.17, 15) is 14.4 Å². The molecule has 3 atom stereocenters. The second-order valence-electron chi connectivity index (χ2n) is 13.6. The molecule has 3 N–H and O–H groups in total. The first-order valence-electron chi connectivity index (χ1n) is 17.2. The van der Waals surface area contributed by atoms with E-state index < -0.39 is 12.1 Å². The number of ether oxygens (including phenoxy) is 1. The summed E-state index contributed by atoms with van der Waals surface area (Å²) in [6.07, 6.45) is 6.72. The minimum atomic E-state index is -0.691. The van der Waals surface area contributed by atoms with Gasteiger partial charge in [0.25, 0.3) is 0 Å². The summed E-state index contributed by atoms with van der Waals surface area (Å²) < 4.78 is 4.75. The summed E-state index contributed by atoms with van der Waals surface area (Å²) in [6, 6.07) is 15.8. The highest BCUT2D eigenvalue weighted by atomic mass is 16.5. The molecule has 11 heteroatoms. The Morgan fingerprint density at radius 3 is 2.24 bits per heavy atom. The van der Waals surface area contributed by atoms with Gasteiger partial charge >= 0.3 is 6.09 Å². The number of amides is 3. The van der Waals surface area contributed by atoms with Gasteiger partial charge in [0.2, 0.25) is 11.8 Å². The smallest absolute Gasteiger partial charge is 0.407 e. The Morgan fingerprint density at radius 1 is 0.980 bits per heavy atom. The number of methoxy groups -OCH3 is 1. The van der Waals surface area contributed by atoms with E-state index in [1.165, 1.54) is 7.11 Å². The fourth-order valence-corrected chi connectivity index (χ4v) is 6.68. The van der Waals surface area contributed by atoms with Gasteiger partial charge in [0.15, 0.2) is 0 Å². The average molecular weight is 668 g/mol. The van der Waals surface area contributed by atoms with Crippen LogP contribution in [-0.4, -0.2) is 76.8 Å². The number of H-pyrrole nitrogens is 1. The molecular formula is C38H49N7O4. The summed E-state index contributed by atoms with van der Waals surface area (Å²) in [5.74, 6) is 1.12. The number of benzene rings is 2. The van der Waals surface area contributed by atoms with Crippen LogP contribution in [0.1, 0.15) is 77.2 Å². The molecule has 2 aliphatic heterocycles. The minimum Gasteiger partial charge on any atom is -0.453 e. The van der Waals surface area contributed by atoms with Crippen LogP contribution >= 0.6 is 0 Å². The normalized spacial score (nSPS) is 18.6. The quantitative estimate of drug-likeness (QED) is 0.192. The third kappa shape index (κ3) is 8.39. The summed E-state index contributed by atoms with van der Waals surface area (Å²) in [5, 5.41) is 6.20. The first-order chi connectivity index (χ1) is 23.6. The number of nitrogens with one attached hydrogen (secondary N) is 3. The zero-order valence-corrected chi connectivity index (χ0v) is 29.2. The van der Waals surface area contributed by atoms with E-state index in [4.69, 9.17) is 4.74 Å². The van der Waals surface area contributed by atoms with Gasteiger partial charge in [-0.15, -0.1) is 0 Å². The highest BCUT2D eigenvalue weighted by molar-refractivity contribution is 5.86. The lowest BCUT2D eigenvalue weighted by molar-refractivity contribution is -0.135. The first kappa shape index (κ1) is 35.4. The fraction of sp³-hybridized carbons (Fsp3) is 0.447. The number of rotatable bonds is 12. The van der Waals surface area contributed by atoms with Crippen molar-refractivity contribution in [3.8, 4) is 22.4 Å². The molecule has 260 valence electrons. The number of alkyl carbamates (subject to hydrolysis) is 1. The minimum absolute atomic E-state index is 0.000251. The van der Waals surface area contributed by atoms with Crippen molar-refractivity contribution >= 4 is 30.3 Å². The molecule has 1 aromatic heterocycles. The van der Waals surface area contributed by atoms with E-state index in [-0.39, 0.29) is 29.9 Å². The van der Waals surface area contributed by atoms with Gasteiger partial charge in [-0.3, -0.25) is 14.6 Å². The average Bonchev–Trinajstić information content (AvgIpc) is 3.88. The number of carbonyl (C=O) groups excluding carboxylic acids is 3. The maximum absolute atomic E-state index is 13.5. The third-order valence-electron chi connectivity index (χ3n) is 9.26. The standard InChI is InChI=1S/C38H49N7O4/c1-24(2)21-34(46)44-19-7-9-32(44)36-40-23-31(42-36)29-17-13-27(14-18-29)26-11-15-28(16-12-26)30(22-39-5)41-33-10-8-20-45(33)37(47)35(25(3)4)43-38(48)49-6/h11-18,22-25,32-33,35,41H,5,7-10,19-21H2,1-4,6H3,(H,40,42)(H,43,48)/b30-22-/t32-,33?,35-/m0/s1. The van der Waals surface area contributed by atoms with Crippen molar-refractivity contribution in [2.75, 3.05) is 20.2 Å². The predicted molar refractivity (Wildman–Crippen MR) is 192 cm³/mol.